The van der Waals surface area contributed by atoms with Crippen LogP contribution in [0.3, 0.4) is 0 Å². The van der Waals surface area contributed by atoms with E-state index in [4.69, 9.17) is 16.3 Å². The highest BCUT2D eigenvalue weighted by atomic mass is 35.5. The summed E-state index contributed by atoms with van der Waals surface area (Å²) < 4.78 is 21.4. The summed E-state index contributed by atoms with van der Waals surface area (Å²) in [6, 6.07) is 15.5. The van der Waals surface area contributed by atoms with Crippen molar-refractivity contribution in [3.05, 3.63) is 98.9 Å². The normalized spacial score (nSPS) is 17.0. The number of methoxy groups -OCH3 is 1. The molecule has 0 unspecified atom stereocenters. The summed E-state index contributed by atoms with van der Waals surface area (Å²) in [5, 5.41) is 4.09. The number of nitrogens with one attached hydrogen (secondary N) is 1. The molecule has 6 rings (SSSR count). The first-order valence-corrected chi connectivity index (χ1v) is 13.3. The average molecular weight is 537 g/mol. The van der Waals surface area contributed by atoms with E-state index in [1.807, 2.05) is 46.6 Å². The summed E-state index contributed by atoms with van der Waals surface area (Å²) >= 11 is 7.81. The van der Waals surface area contributed by atoms with Crippen molar-refractivity contribution in [1.29, 1.82) is 0 Å². The molecule has 9 heteroatoms. The van der Waals surface area contributed by atoms with E-state index in [0.717, 1.165) is 36.5 Å². The number of benzene rings is 2. The molecule has 2 aromatic carbocycles. The van der Waals surface area contributed by atoms with Gasteiger partial charge in [-0.15, -0.1) is 11.3 Å². The fourth-order valence-corrected chi connectivity index (χ4v) is 6.88. The molecule has 0 saturated carbocycles. The zero-order valence-electron chi connectivity index (χ0n) is 20.5. The molecule has 0 bridgehead atoms. The van der Waals surface area contributed by atoms with Crippen molar-refractivity contribution in [3.8, 4) is 10.8 Å². The Morgan fingerprint density at radius 1 is 1.14 bits per heavy atom. The van der Waals surface area contributed by atoms with Crippen LogP contribution in [0, 0.1) is 5.82 Å². The Hall–Kier alpha value is -3.33. The van der Waals surface area contributed by atoms with Gasteiger partial charge in [0.2, 0.25) is 0 Å². The lowest BCUT2D eigenvalue weighted by atomic mass is 10.00. The van der Waals surface area contributed by atoms with Gasteiger partial charge in [0, 0.05) is 35.4 Å². The van der Waals surface area contributed by atoms with Gasteiger partial charge in [-0.1, -0.05) is 23.7 Å². The maximum atomic E-state index is 13.9. The maximum absolute atomic E-state index is 13.9. The summed E-state index contributed by atoms with van der Waals surface area (Å²) in [5.74, 6) is 0.227. The molecule has 0 aliphatic carbocycles. The third-order valence-corrected chi connectivity index (χ3v) is 8.67. The van der Waals surface area contributed by atoms with E-state index in [1.54, 1.807) is 7.11 Å². The number of fused-ring (bicyclic) bond motifs is 5. The SMILES string of the molecule is COc1ccc([C@@H]2c3cccn3-c3sc4c(c3CN2C(=O)Nc2ccc(F)c(Cl)c2)CCN(C)C4)cc1. The Balaban J connectivity index is 1.48. The molecule has 37 heavy (non-hydrogen) atoms. The highest BCUT2D eigenvalue weighted by Crippen LogP contribution is 2.43. The summed E-state index contributed by atoms with van der Waals surface area (Å²) in [7, 11) is 3.78. The van der Waals surface area contributed by atoms with E-state index in [9.17, 15) is 9.18 Å². The molecule has 0 spiro atoms. The number of anilines is 1. The molecule has 1 atom stereocenters. The van der Waals surface area contributed by atoms with Crippen LogP contribution in [0.2, 0.25) is 5.02 Å². The van der Waals surface area contributed by atoms with Crippen molar-refractivity contribution in [3.63, 3.8) is 0 Å². The predicted octanol–water partition coefficient (Wildman–Crippen LogP) is 6.46. The van der Waals surface area contributed by atoms with Gasteiger partial charge in [-0.05, 0) is 67.1 Å². The molecule has 2 aromatic heterocycles. The second kappa shape index (κ2) is 9.52. The minimum absolute atomic E-state index is 0.0347. The van der Waals surface area contributed by atoms with Gasteiger partial charge in [0.25, 0.3) is 0 Å². The molecular weight excluding hydrogens is 511 g/mol. The van der Waals surface area contributed by atoms with E-state index < -0.39 is 5.82 Å². The number of nitrogens with zero attached hydrogens (tertiary/aromatic N) is 3. The number of carbonyl (C=O) groups is 1. The lowest BCUT2D eigenvalue weighted by molar-refractivity contribution is 0.194. The molecule has 0 radical (unpaired) electrons. The van der Waals surface area contributed by atoms with Gasteiger partial charge in [-0.3, -0.25) is 0 Å². The van der Waals surface area contributed by atoms with Crippen LogP contribution in [0.15, 0.2) is 60.8 Å². The van der Waals surface area contributed by atoms with Crippen molar-refractivity contribution in [2.24, 2.45) is 0 Å². The topological polar surface area (TPSA) is 49.7 Å². The molecule has 4 heterocycles. The first-order valence-electron chi connectivity index (χ1n) is 12.1. The number of hydrogen-bond acceptors (Lipinski definition) is 4. The minimum Gasteiger partial charge on any atom is -0.497 e. The highest BCUT2D eigenvalue weighted by molar-refractivity contribution is 7.15. The number of amides is 2. The van der Waals surface area contributed by atoms with Crippen molar-refractivity contribution in [2.45, 2.75) is 25.6 Å². The standard InChI is InChI=1S/C28H26ClFN4O2S/c1-32-13-11-20-21-15-34(28(35)31-18-7-10-23(30)22(29)14-18)26(17-5-8-19(36-2)9-6-17)24-4-3-12-33(24)27(21)37-25(20)16-32/h3-10,12,14,26H,11,13,15-16H2,1-2H3,(H,31,35)/t26-/m1/s1. The third kappa shape index (κ3) is 4.29. The number of carbonyl (C=O) groups excluding carboxylic acids is 1. The van der Waals surface area contributed by atoms with Gasteiger partial charge in [-0.25, -0.2) is 9.18 Å². The van der Waals surface area contributed by atoms with E-state index >= 15 is 0 Å². The van der Waals surface area contributed by atoms with Crippen LogP contribution in [0.1, 0.15) is 33.3 Å². The Kier molecular flexibility index (Phi) is 6.18. The number of hydrogen-bond donors (Lipinski definition) is 1. The summed E-state index contributed by atoms with van der Waals surface area (Å²) in [6.07, 6.45) is 3.03. The number of halogens is 2. The molecule has 190 valence electrons. The van der Waals surface area contributed by atoms with Gasteiger partial charge in [0.15, 0.2) is 0 Å². The minimum atomic E-state index is -0.525. The van der Waals surface area contributed by atoms with E-state index in [1.165, 1.54) is 39.2 Å². The van der Waals surface area contributed by atoms with Gasteiger partial charge in [0.05, 0.1) is 30.4 Å². The van der Waals surface area contributed by atoms with Gasteiger partial charge in [-0.2, -0.15) is 0 Å². The molecule has 0 saturated heterocycles. The number of likely N-dealkylation sites (N-methyl/N-ethyl adjacent to an activating group) is 1. The lowest BCUT2D eigenvalue weighted by Crippen LogP contribution is -2.38. The average Bonchev–Trinajstić information content (AvgIpc) is 3.47. The van der Waals surface area contributed by atoms with Crippen LogP contribution in [0.25, 0.3) is 5.00 Å². The second-order valence-electron chi connectivity index (χ2n) is 9.44. The van der Waals surface area contributed by atoms with Gasteiger partial charge in [0.1, 0.15) is 16.6 Å². The Labute approximate surface area is 223 Å². The van der Waals surface area contributed by atoms with Crippen LogP contribution < -0.4 is 10.1 Å². The Bertz CT molecular complexity index is 1480. The second-order valence-corrected chi connectivity index (χ2v) is 10.9. The van der Waals surface area contributed by atoms with Crippen molar-refractivity contribution in [2.75, 3.05) is 26.0 Å². The quantitative estimate of drug-likeness (QED) is 0.327. The molecule has 2 aliphatic heterocycles. The third-order valence-electron chi connectivity index (χ3n) is 7.12. The van der Waals surface area contributed by atoms with E-state index in [2.05, 4.69) is 34.1 Å². The van der Waals surface area contributed by atoms with Crippen molar-refractivity contribution < 1.29 is 13.9 Å². The number of thiophene rings is 1. The number of ether oxygens (including phenoxy) is 1. The van der Waals surface area contributed by atoms with E-state index in [0.29, 0.717) is 12.2 Å². The molecule has 2 aliphatic rings. The molecule has 6 nitrogen and oxygen atoms in total. The van der Waals surface area contributed by atoms with Crippen molar-refractivity contribution in [1.82, 2.24) is 14.4 Å². The predicted molar refractivity (Wildman–Crippen MR) is 144 cm³/mol. The van der Waals surface area contributed by atoms with Crippen molar-refractivity contribution >= 4 is 34.7 Å². The largest absolute Gasteiger partial charge is 0.497 e. The smallest absolute Gasteiger partial charge is 0.322 e. The lowest BCUT2D eigenvalue weighted by Gasteiger charge is -2.32. The molecular formula is C28H26ClFN4O2S. The number of aromatic nitrogens is 1. The van der Waals surface area contributed by atoms with Gasteiger partial charge < -0.3 is 24.4 Å². The van der Waals surface area contributed by atoms with Crippen LogP contribution in [-0.4, -0.2) is 41.1 Å². The Morgan fingerprint density at radius 3 is 2.70 bits per heavy atom. The molecule has 4 aromatic rings. The number of urea groups is 1. The van der Waals surface area contributed by atoms with Crippen LogP contribution >= 0.6 is 22.9 Å². The first-order chi connectivity index (χ1) is 17.9. The van der Waals surface area contributed by atoms with Crippen LogP contribution in [-0.2, 0) is 19.5 Å². The monoisotopic (exact) mass is 536 g/mol. The fourth-order valence-electron chi connectivity index (χ4n) is 5.26. The zero-order valence-corrected chi connectivity index (χ0v) is 22.1. The maximum Gasteiger partial charge on any atom is 0.322 e. The van der Waals surface area contributed by atoms with Crippen LogP contribution in [0.5, 0.6) is 5.75 Å². The highest BCUT2D eigenvalue weighted by Gasteiger charge is 2.36. The first kappa shape index (κ1) is 24.0. The summed E-state index contributed by atoms with van der Waals surface area (Å²) in [4.78, 5) is 19.5. The summed E-state index contributed by atoms with van der Waals surface area (Å²) in [5.41, 5.74) is 4.95. The molecule has 0 fully saturated rings. The van der Waals surface area contributed by atoms with Gasteiger partial charge >= 0.3 is 6.03 Å². The zero-order chi connectivity index (χ0) is 25.7. The Morgan fingerprint density at radius 2 is 1.95 bits per heavy atom. The fraction of sp³-hybridized carbons (Fsp3) is 0.250. The molecule has 1 N–H and O–H groups in total. The molecule has 2 amide bonds. The number of rotatable bonds is 3. The van der Waals surface area contributed by atoms with E-state index in [-0.39, 0.29) is 17.1 Å². The van der Waals surface area contributed by atoms with Crippen LogP contribution in [0.4, 0.5) is 14.9 Å². The summed E-state index contributed by atoms with van der Waals surface area (Å²) in [6.45, 7) is 2.34.